The first-order chi connectivity index (χ1) is 31.9. The number of hydrogen-bond donors (Lipinski definition) is 13. The smallest absolute Gasteiger partial charge is 0.315 e. The average Bonchev–Trinajstić information content (AvgIpc) is 3.84. The Morgan fingerprint density at radius 3 is 2.15 bits per heavy atom. The van der Waals surface area contributed by atoms with E-state index < -0.39 is 78.5 Å². The number of hydroxylamine groups is 1. The molecule has 0 radical (unpaired) electrons. The van der Waals surface area contributed by atoms with Crippen LogP contribution in [0.3, 0.4) is 0 Å². The minimum atomic E-state index is -1.24. The van der Waals surface area contributed by atoms with Gasteiger partial charge in [-0.2, -0.15) is 11.8 Å². The highest BCUT2D eigenvalue weighted by Crippen LogP contribution is 2.33. The summed E-state index contributed by atoms with van der Waals surface area (Å²) in [6, 6.07) is 5.42. The third-order valence-corrected chi connectivity index (χ3v) is 12.6. The van der Waals surface area contributed by atoms with Crippen molar-refractivity contribution in [2.45, 2.75) is 126 Å². The fourth-order valence-electron chi connectivity index (χ4n) is 7.64. The van der Waals surface area contributed by atoms with Crippen LogP contribution in [0.4, 0.5) is 4.79 Å². The lowest BCUT2D eigenvalue weighted by molar-refractivity contribution is -0.137. The second-order valence-electron chi connectivity index (χ2n) is 17.1. The molecule has 0 aliphatic carbocycles. The minimum absolute atomic E-state index is 0.00683. The molecule has 7 atom stereocenters. The molecular formula is C43H69N13O10S. The number of benzene rings is 1. The van der Waals surface area contributed by atoms with Gasteiger partial charge in [-0.3, -0.25) is 48.6 Å². The molecule has 2 aliphatic rings. The van der Waals surface area contributed by atoms with Gasteiger partial charge in [-0.1, -0.05) is 50.6 Å². The zero-order chi connectivity index (χ0) is 49.3. The van der Waals surface area contributed by atoms with Crippen molar-refractivity contribution in [1.29, 1.82) is 0 Å². The highest BCUT2D eigenvalue weighted by molar-refractivity contribution is 8.00. The van der Waals surface area contributed by atoms with E-state index >= 15 is 0 Å². The first-order valence-electron chi connectivity index (χ1n) is 22.7. The van der Waals surface area contributed by atoms with Gasteiger partial charge in [0.25, 0.3) is 0 Å². The van der Waals surface area contributed by atoms with Crippen LogP contribution in [0, 0.1) is 11.8 Å². The predicted octanol–water partition coefficient (Wildman–Crippen LogP) is -1.98. The molecule has 0 aromatic heterocycles. The molecule has 2 aliphatic heterocycles. The number of aliphatic imine (C=N–C) groups is 1. The molecular weight excluding hydrogens is 891 g/mol. The van der Waals surface area contributed by atoms with E-state index in [0.717, 1.165) is 25.0 Å². The third kappa shape index (κ3) is 21.3. The van der Waals surface area contributed by atoms with E-state index in [0.29, 0.717) is 36.6 Å². The molecule has 3 rings (SSSR count). The number of rotatable bonds is 31. The molecule has 10 amide bonds. The maximum absolute atomic E-state index is 13.8. The number of fused-ring (bicyclic) bond motifs is 1. The zero-order valence-electron chi connectivity index (χ0n) is 38.2. The summed E-state index contributed by atoms with van der Waals surface area (Å²) in [6.07, 6.45) is 4.26. The van der Waals surface area contributed by atoms with E-state index in [-0.39, 0.29) is 81.0 Å². The van der Waals surface area contributed by atoms with Crippen molar-refractivity contribution in [3.63, 3.8) is 0 Å². The van der Waals surface area contributed by atoms with Crippen molar-refractivity contribution in [2.75, 3.05) is 31.9 Å². The van der Waals surface area contributed by atoms with Crippen LogP contribution >= 0.6 is 11.8 Å². The van der Waals surface area contributed by atoms with Crippen LogP contribution in [0.15, 0.2) is 35.3 Å². The number of nitrogens with two attached hydrogens (primary N) is 3. The Hall–Kier alpha value is -6.17. The Bertz CT molecular complexity index is 1870. The molecule has 0 spiro atoms. The van der Waals surface area contributed by atoms with Crippen LogP contribution in [0.5, 0.6) is 0 Å². The van der Waals surface area contributed by atoms with E-state index in [1.165, 1.54) is 5.48 Å². The molecule has 2 fully saturated rings. The maximum Gasteiger partial charge on any atom is 0.315 e. The molecule has 0 saturated carbocycles. The normalized spacial score (nSPS) is 17.8. The Morgan fingerprint density at radius 2 is 1.46 bits per heavy atom. The van der Waals surface area contributed by atoms with Crippen LogP contribution in [-0.4, -0.2) is 132 Å². The van der Waals surface area contributed by atoms with Crippen LogP contribution < -0.4 is 65.2 Å². The number of carbonyl (C=O) groups is 9. The van der Waals surface area contributed by atoms with Gasteiger partial charge < -0.3 is 59.7 Å². The highest BCUT2D eigenvalue weighted by Gasteiger charge is 2.42. The van der Waals surface area contributed by atoms with Gasteiger partial charge in [-0.25, -0.2) is 10.3 Å². The van der Waals surface area contributed by atoms with E-state index in [4.69, 9.17) is 22.4 Å². The summed E-state index contributed by atoms with van der Waals surface area (Å²) in [6.45, 7) is 3.07. The van der Waals surface area contributed by atoms with E-state index in [9.17, 15) is 43.2 Å². The Balaban J connectivity index is 1.46. The second kappa shape index (κ2) is 29.5. The molecule has 24 heteroatoms. The first kappa shape index (κ1) is 55.2. The fourth-order valence-corrected chi connectivity index (χ4v) is 9.19. The van der Waals surface area contributed by atoms with Gasteiger partial charge in [-0.15, -0.1) is 0 Å². The largest absolute Gasteiger partial charge is 0.370 e. The number of thioether (sulfide) groups is 1. The summed E-state index contributed by atoms with van der Waals surface area (Å²) in [5.41, 5.74) is 18.6. The summed E-state index contributed by atoms with van der Waals surface area (Å²) in [7, 11) is 0. The number of urea groups is 1. The van der Waals surface area contributed by atoms with Crippen LogP contribution in [-0.2, 0) is 44.8 Å². The number of unbranched alkanes of at least 4 members (excludes halogenated alkanes) is 2. The van der Waals surface area contributed by atoms with Crippen molar-refractivity contribution < 1.29 is 48.4 Å². The van der Waals surface area contributed by atoms with E-state index in [1.54, 1.807) is 30.3 Å². The number of amides is 10. The second-order valence-corrected chi connectivity index (χ2v) is 18.3. The number of guanidine groups is 1. The van der Waals surface area contributed by atoms with Crippen LogP contribution in [0.25, 0.3) is 0 Å². The Labute approximate surface area is 394 Å². The van der Waals surface area contributed by atoms with Crippen molar-refractivity contribution in [2.24, 2.45) is 34.0 Å². The lowest BCUT2D eigenvalue weighted by atomic mass is 9.92. The number of hydrogen-bond acceptors (Lipinski definition) is 12. The molecule has 1 aromatic rings. The summed E-state index contributed by atoms with van der Waals surface area (Å²) < 4.78 is 0. The van der Waals surface area contributed by atoms with E-state index in [2.05, 4.69) is 47.5 Å². The van der Waals surface area contributed by atoms with Gasteiger partial charge in [0.1, 0.15) is 18.1 Å². The van der Waals surface area contributed by atoms with Crippen molar-refractivity contribution in [3.05, 3.63) is 35.9 Å². The third-order valence-electron chi connectivity index (χ3n) is 11.0. The molecule has 372 valence electrons. The fraction of sp³-hybridized carbons (Fsp3) is 0.628. The monoisotopic (exact) mass is 960 g/mol. The molecule has 2 saturated heterocycles. The summed E-state index contributed by atoms with van der Waals surface area (Å²) >= 11 is 1.83. The quantitative estimate of drug-likeness (QED) is 0.00960. The molecule has 0 bridgehead atoms. The number of carbonyl (C=O) groups excluding carboxylic acids is 9. The number of primary amides is 1. The number of nitrogens with zero attached hydrogens (tertiary/aromatic N) is 1. The highest BCUT2D eigenvalue weighted by atomic mass is 32.2. The van der Waals surface area contributed by atoms with Gasteiger partial charge in [-0.05, 0) is 62.8 Å². The first-order valence-corrected chi connectivity index (χ1v) is 23.7. The van der Waals surface area contributed by atoms with E-state index in [1.807, 2.05) is 25.6 Å². The Morgan fingerprint density at radius 1 is 0.761 bits per heavy atom. The average molecular weight is 960 g/mol. The molecule has 1 unspecified atom stereocenters. The van der Waals surface area contributed by atoms with Crippen molar-refractivity contribution in [3.8, 4) is 0 Å². The molecule has 23 nitrogen and oxygen atoms in total. The molecule has 2 heterocycles. The summed E-state index contributed by atoms with van der Waals surface area (Å²) in [5, 5.41) is 30.8. The van der Waals surface area contributed by atoms with Gasteiger partial charge in [0.15, 0.2) is 5.96 Å². The van der Waals surface area contributed by atoms with Gasteiger partial charge in [0.2, 0.25) is 47.3 Å². The molecule has 1 aromatic carbocycles. The van der Waals surface area contributed by atoms with Gasteiger partial charge >= 0.3 is 6.03 Å². The minimum Gasteiger partial charge on any atom is -0.370 e. The molecule has 67 heavy (non-hydrogen) atoms. The van der Waals surface area contributed by atoms with Crippen LogP contribution in [0.2, 0.25) is 0 Å². The predicted molar refractivity (Wildman–Crippen MR) is 249 cm³/mol. The lowest BCUT2D eigenvalue weighted by Crippen LogP contribution is -2.56. The Kier molecular flexibility index (Phi) is 24.3. The summed E-state index contributed by atoms with van der Waals surface area (Å²) in [4.78, 5) is 118. The topological polar surface area (TPSA) is 373 Å². The SMILES string of the molecule is CC(C)CC(CC(=O)NO)C(=O)N[C@@H](CCCN=C(N)N)C(=O)N[C@@H](Cc1ccccc1)C(=O)NCC(=O)NCC(=O)N[C@@H](CCCCNC(=O)CCCC[C@@H]1SC[C@@H]2NC(=O)N[C@@H]21)C(N)=O. The maximum atomic E-state index is 13.8. The van der Waals surface area contributed by atoms with Crippen molar-refractivity contribution >= 4 is 71.0 Å². The number of nitrogens with one attached hydrogen (secondary N) is 9. The molecule has 16 N–H and O–H groups in total. The standard InChI is InChI=1S/C43H69N13O10S/c1-25(2)19-27(21-34(58)56-66)39(62)52-29(14-10-18-48-42(45)46)41(64)53-30(20-26-11-4-3-5-12-26)40(63)50-22-35(59)49-23-36(60)51-28(38(44)61)13-8-9-17-47-33(57)16-7-6-15-32-37-31(24-67-32)54-43(65)55-37/h3-5,11-12,25,27-32,37,66H,6-10,13-24H2,1-2H3,(H2,44,61)(H,47,57)(H,49,59)(H,50,63)(H,51,60)(H,52,62)(H,53,64)(H,56,58)(H4,45,46,48)(H2,54,55,65)/t27?,28-,29-,30-,31-,32-,37-/m0/s1. The zero-order valence-corrected chi connectivity index (χ0v) is 39.1. The lowest BCUT2D eigenvalue weighted by Gasteiger charge is -2.25. The van der Waals surface area contributed by atoms with Gasteiger partial charge in [0, 0.05) is 49.3 Å². The van der Waals surface area contributed by atoms with Crippen molar-refractivity contribution in [1.82, 2.24) is 48.0 Å². The van der Waals surface area contributed by atoms with Gasteiger partial charge in [0.05, 0.1) is 25.2 Å². The van der Waals surface area contributed by atoms with Crippen LogP contribution in [0.1, 0.15) is 90.0 Å². The summed E-state index contributed by atoms with van der Waals surface area (Å²) in [5.74, 6) is -5.40.